The standard InChI is InChI=1S/C24H39NO2/c1-2-3-4-5-6-7-8-9-10-11-12-13-14-15-16-19-22(26)21-18-17-20-23(27)24(21)25/h9-10,17-18,20,27H,2-8,11-16,19,25H2,1H3/b10-9-. The van der Waals surface area contributed by atoms with Crippen LogP contribution in [0.4, 0.5) is 5.69 Å². The molecule has 0 fully saturated rings. The average Bonchev–Trinajstić information content (AvgIpc) is 2.67. The van der Waals surface area contributed by atoms with Gasteiger partial charge in [-0.2, -0.15) is 0 Å². The molecule has 152 valence electrons. The minimum absolute atomic E-state index is 0.00889. The highest BCUT2D eigenvalue weighted by molar-refractivity contribution is 6.01. The molecule has 3 N–H and O–H groups in total. The van der Waals surface area contributed by atoms with Gasteiger partial charge in [0.25, 0.3) is 0 Å². The Morgan fingerprint density at radius 2 is 1.44 bits per heavy atom. The lowest BCUT2D eigenvalue weighted by Gasteiger charge is -2.06. The van der Waals surface area contributed by atoms with E-state index in [-0.39, 0.29) is 17.2 Å². The first-order chi connectivity index (χ1) is 13.2. The van der Waals surface area contributed by atoms with Gasteiger partial charge in [-0.1, -0.05) is 76.5 Å². The van der Waals surface area contributed by atoms with Gasteiger partial charge < -0.3 is 10.8 Å². The molecule has 0 aliphatic heterocycles. The Morgan fingerprint density at radius 3 is 2.07 bits per heavy atom. The van der Waals surface area contributed by atoms with Crippen LogP contribution in [0.25, 0.3) is 0 Å². The zero-order valence-electron chi connectivity index (χ0n) is 17.2. The van der Waals surface area contributed by atoms with Gasteiger partial charge in [0.1, 0.15) is 5.75 Å². The topological polar surface area (TPSA) is 63.3 Å². The van der Waals surface area contributed by atoms with Crippen molar-refractivity contribution >= 4 is 11.5 Å². The molecule has 0 heterocycles. The molecule has 0 spiro atoms. The van der Waals surface area contributed by atoms with Crippen molar-refractivity contribution in [2.75, 3.05) is 5.73 Å². The summed E-state index contributed by atoms with van der Waals surface area (Å²) in [4.78, 5) is 12.2. The van der Waals surface area contributed by atoms with Crippen molar-refractivity contribution in [1.29, 1.82) is 0 Å². The highest BCUT2D eigenvalue weighted by Gasteiger charge is 2.11. The summed E-state index contributed by atoms with van der Waals surface area (Å²) in [5.74, 6) is 0.0198. The summed E-state index contributed by atoms with van der Waals surface area (Å²) in [5, 5.41) is 9.57. The van der Waals surface area contributed by atoms with Crippen molar-refractivity contribution in [3.05, 3.63) is 35.9 Å². The number of carbonyl (C=O) groups is 1. The highest BCUT2D eigenvalue weighted by atomic mass is 16.3. The fourth-order valence-electron chi connectivity index (χ4n) is 3.29. The molecule has 3 heteroatoms. The third-order valence-corrected chi connectivity index (χ3v) is 5.05. The van der Waals surface area contributed by atoms with Gasteiger partial charge in [-0.3, -0.25) is 4.79 Å². The molecule has 0 bridgehead atoms. The number of unbranched alkanes of at least 4 members (excludes halogenated alkanes) is 11. The smallest absolute Gasteiger partial charge is 0.165 e. The molecule has 1 aromatic carbocycles. The summed E-state index contributed by atoms with van der Waals surface area (Å²) in [7, 11) is 0. The SMILES string of the molecule is CCCCCCCC/C=C\CCCCCCCC(=O)c1cccc(O)c1N. The van der Waals surface area contributed by atoms with Crippen LogP contribution in [0.3, 0.4) is 0 Å². The van der Waals surface area contributed by atoms with E-state index in [1.54, 1.807) is 12.1 Å². The van der Waals surface area contributed by atoms with E-state index in [0.717, 1.165) is 12.8 Å². The quantitative estimate of drug-likeness (QED) is 0.106. The number of phenols is 1. The van der Waals surface area contributed by atoms with Gasteiger partial charge in [-0.15, -0.1) is 0 Å². The van der Waals surface area contributed by atoms with Crippen LogP contribution in [0.15, 0.2) is 30.4 Å². The average molecular weight is 374 g/mol. The molecule has 1 aromatic rings. The Balaban J connectivity index is 1.95. The van der Waals surface area contributed by atoms with Gasteiger partial charge in [0.2, 0.25) is 0 Å². The van der Waals surface area contributed by atoms with Crippen LogP contribution in [0.5, 0.6) is 5.75 Å². The molecule has 0 aliphatic rings. The number of Topliss-reactive ketones (excluding diaryl/α,β-unsaturated/α-hetero) is 1. The van der Waals surface area contributed by atoms with E-state index < -0.39 is 0 Å². The molecule has 27 heavy (non-hydrogen) atoms. The largest absolute Gasteiger partial charge is 0.506 e. The third-order valence-electron chi connectivity index (χ3n) is 5.05. The van der Waals surface area contributed by atoms with Crippen LogP contribution in [-0.4, -0.2) is 10.9 Å². The van der Waals surface area contributed by atoms with E-state index in [2.05, 4.69) is 19.1 Å². The number of rotatable bonds is 16. The first-order valence-electron chi connectivity index (χ1n) is 10.9. The Morgan fingerprint density at radius 1 is 0.889 bits per heavy atom. The van der Waals surface area contributed by atoms with Crippen LogP contribution < -0.4 is 5.73 Å². The van der Waals surface area contributed by atoms with E-state index in [0.29, 0.717) is 12.0 Å². The number of ketones is 1. The number of hydrogen-bond donors (Lipinski definition) is 2. The minimum Gasteiger partial charge on any atom is -0.506 e. The van der Waals surface area contributed by atoms with Crippen LogP contribution in [0.2, 0.25) is 0 Å². The maximum Gasteiger partial charge on any atom is 0.165 e. The molecule has 0 unspecified atom stereocenters. The first kappa shape index (κ1) is 23.3. The number of carbonyl (C=O) groups excluding carboxylic acids is 1. The molecule has 0 aliphatic carbocycles. The second-order valence-corrected chi connectivity index (χ2v) is 7.50. The molecule has 0 aromatic heterocycles. The molecule has 0 saturated carbocycles. The zero-order chi connectivity index (χ0) is 19.7. The van der Waals surface area contributed by atoms with Gasteiger partial charge in [-0.05, 0) is 44.2 Å². The maximum absolute atomic E-state index is 12.2. The van der Waals surface area contributed by atoms with Gasteiger partial charge >= 0.3 is 0 Å². The predicted molar refractivity (Wildman–Crippen MR) is 116 cm³/mol. The van der Waals surface area contributed by atoms with E-state index in [1.165, 1.54) is 76.7 Å². The number of nitrogen functional groups attached to an aromatic ring is 1. The summed E-state index contributed by atoms with van der Waals surface area (Å²) < 4.78 is 0. The van der Waals surface area contributed by atoms with E-state index >= 15 is 0 Å². The lowest BCUT2D eigenvalue weighted by atomic mass is 10.0. The summed E-state index contributed by atoms with van der Waals surface area (Å²) in [6.45, 7) is 2.26. The van der Waals surface area contributed by atoms with Gasteiger partial charge in [0.05, 0.1) is 5.69 Å². The number of aromatic hydroxyl groups is 1. The monoisotopic (exact) mass is 373 g/mol. The van der Waals surface area contributed by atoms with Gasteiger partial charge in [0.15, 0.2) is 5.78 Å². The van der Waals surface area contributed by atoms with E-state index in [4.69, 9.17) is 5.73 Å². The summed E-state index contributed by atoms with van der Waals surface area (Å²) in [5.41, 5.74) is 6.42. The Bertz CT molecular complexity index is 551. The van der Waals surface area contributed by atoms with Crippen molar-refractivity contribution in [1.82, 2.24) is 0 Å². The van der Waals surface area contributed by atoms with E-state index in [9.17, 15) is 9.90 Å². The third kappa shape index (κ3) is 10.8. The molecule has 3 nitrogen and oxygen atoms in total. The number of para-hydroxylation sites is 1. The van der Waals surface area contributed by atoms with E-state index in [1.807, 2.05) is 0 Å². The van der Waals surface area contributed by atoms with Crippen LogP contribution in [-0.2, 0) is 0 Å². The Labute approximate surface area is 166 Å². The first-order valence-corrected chi connectivity index (χ1v) is 10.9. The second kappa shape index (κ2) is 15.3. The summed E-state index contributed by atoms with van der Waals surface area (Å²) in [6.07, 6.45) is 21.4. The van der Waals surface area contributed by atoms with Crippen molar-refractivity contribution in [3.63, 3.8) is 0 Å². The maximum atomic E-state index is 12.2. The number of benzene rings is 1. The zero-order valence-corrected chi connectivity index (χ0v) is 17.2. The van der Waals surface area contributed by atoms with Crippen molar-refractivity contribution in [2.45, 2.75) is 96.8 Å². The number of nitrogens with two attached hydrogens (primary N) is 1. The number of anilines is 1. The van der Waals surface area contributed by atoms with Crippen molar-refractivity contribution in [3.8, 4) is 5.75 Å². The molecule has 0 amide bonds. The molecule has 1 rings (SSSR count). The Hall–Kier alpha value is -1.77. The number of allylic oxidation sites excluding steroid dienone is 2. The highest BCUT2D eigenvalue weighted by Crippen LogP contribution is 2.25. The summed E-state index contributed by atoms with van der Waals surface area (Å²) >= 11 is 0. The fourth-order valence-corrected chi connectivity index (χ4v) is 3.29. The lowest BCUT2D eigenvalue weighted by Crippen LogP contribution is -2.03. The lowest BCUT2D eigenvalue weighted by molar-refractivity contribution is 0.0979. The van der Waals surface area contributed by atoms with Crippen molar-refractivity contribution < 1.29 is 9.90 Å². The van der Waals surface area contributed by atoms with Crippen molar-refractivity contribution in [2.24, 2.45) is 0 Å². The Kier molecular flexibility index (Phi) is 13.2. The van der Waals surface area contributed by atoms with Gasteiger partial charge in [0, 0.05) is 12.0 Å². The minimum atomic E-state index is -0.00889. The molecular weight excluding hydrogens is 334 g/mol. The van der Waals surface area contributed by atoms with Crippen LogP contribution >= 0.6 is 0 Å². The van der Waals surface area contributed by atoms with Crippen LogP contribution in [0.1, 0.15) is 107 Å². The molecule has 0 radical (unpaired) electrons. The molecule has 0 atom stereocenters. The number of hydrogen-bond acceptors (Lipinski definition) is 3. The summed E-state index contributed by atoms with van der Waals surface area (Å²) in [6, 6.07) is 4.86. The normalized spacial score (nSPS) is 11.3. The number of phenolic OH excluding ortho intramolecular Hbond substituents is 1. The fraction of sp³-hybridized carbons (Fsp3) is 0.625. The van der Waals surface area contributed by atoms with Crippen LogP contribution in [0, 0.1) is 0 Å². The second-order valence-electron chi connectivity index (χ2n) is 7.50. The molecule has 0 saturated heterocycles. The molecular formula is C24H39NO2. The van der Waals surface area contributed by atoms with Gasteiger partial charge in [-0.25, -0.2) is 0 Å². The predicted octanol–water partition coefficient (Wildman–Crippen LogP) is 7.19.